The van der Waals surface area contributed by atoms with E-state index in [1.807, 2.05) is 24.8 Å². The predicted molar refractivity (Wildman–Crippen MR) is 74.2 cm³/mol. The molecule has 0 bridgehead atoms. The van der Waals surface area contributed by atoms with E-state index in [0.29, 0.717) is 5.56 Å². The SMILES string of the molecule is CSCCCCNc1ccc(C(=O)O)cc1C. The quantitative estimate of drug-likeness (QED) is 0.732. The average molecular weight is 253 g/mol. The number of carboxylic acids is 1. The van der Waals surface area contributed by atoms with Crippen LogP contribution >= 0.6 is 11.8 Å². The number of aromatic carboxylic acids is 1. The summed E-state index contributed by atoms with van der Waals surface area (Å²) in [5.74, 6) is 0.318. The monoisotopic (exact) mass is 253 g/mol. The number of hydrogen-bond donors (Lipinski definition) is 2. The van der Waals surface area contributed by atoms with Crippen LogP contribution in [0.5, 0.6) is 0 Å². The molecule has 0 aliphatic heterocycles. The number of hydrogen-bond acceptors (Lipinski definition) is 3. The van der Waals surface area contributed by atoms with Crippen molar-refractivity contribution in [3.63, 3.8) is 0 Å². The highest BCUT2D eigenvalue weighted by Crippen LogP contribution is 2.16. The maximum Gasteiger partial charge on any atom is 0.335 e. The van der Waals surface area contributed by atoms with Gasteiger partial charge in [0.1, 0.15) is 0 Å². The molecule has 0 unspecified atom stereocenters. The van der Waals surface area contributed by atoms with Crippen LogP contribution in [0.3, 0.4) is 0 Å². The number of unbranched alkanes of at least 4 members (excludes halogenated alkanes) is 1. The zero-order valence-electron chi connectivity index (χ0n) is 10.3. The first-order valence-electron chi connectivity index (χ1n) is 5.72. The van der Waals surface area contributed by atoms with Crippen LogP contribution in [0.2, 0.25) is 0 Å². The van der Waals surface area contributed by atoms with E-state index < -0.39 is 5.97 Å². The zero-order chi connectivity index (χ0) is 12.7. The van der Waals surface area contributed by atoms with Gasteiger partial charge in [-0.2, -0.15) is 11.8 Å². The van der Waals surface area contributed by atoms with Crippen LogP contribution in [0.25, 0.3) is 0 Å². The van der Waals surface area contributed by atoms with Crippen molar-refractivity contribution in [1.29, 1.82) is 0 Å². The van der Waals surface area contributed by atoms with Crippen molar-refractivity contribution in [2.75, 3.05) is 23.9 Å². The Labute approximate surface area is 107 Å². The van der Waals surface area contributed by atoms with Gasteiger partial charge in [0.25, 0.3) is 0 Å². The number of aryl methyl sites for hydroxylation is 1. The number of thioether (sulfide) groups is 1. The van der Waals surface area contributed by atoms with Crippen LogP contribution < -0.4 is 5.32 Å². The lowest BCUT2D eigenvalue weighted by atomic mass is 10.1. The molecule has 0 fully saturated rings. The first-order chi connectivity index (χ1) is 8.15. The van der Waals surface area contributed by atoms with E-state index in [0.717, 1.165) is 24.2 Å². The summed E-state index contributed by atoms with van der Waals surface area (Å²) in [6, 6.07) is 5.18. The second kappa shape index (κ2) is 7.22. The largest absolute Gasteiger partial charge is 0.478 e. The Morgan fingerprint density at radius 2 is 2.18 bits per heavy atom. The molecule has 0 saturated carbocycles. The van der Waals surface area contributed by atoms with E-state index in [1.54, 1.807) is 12.1 Å². The van der Waals surface area contributed by atoms with E-state index in [-0.39, 0.29) is 0 Å². The number of benzene rings is 1. The fourth-order valence-electron chi connectivity index (χ4n) is 1.59. The van der Waals surface area contributed by atoms with Crippen LogP contribution in [0.1, 0.15) is 28.8 Å². The van der Waals surface area contributed by atoms with Gasteiger partial charge in [-0.05, 0) is 55.5 Å². The normalized spacial score (nSPS) is 10.2. The van der Waals surface area contributed by atoms with Gasteiger partial charge in [0.15, 0.2) is 0 Å². The van der Waals surface area contributed by atoms with Gasteiger partial charge in [-0.1, -0.05) is 0 Å². The van der Waals surface area contributed by atoms with E-state index in [1.165, 1.54) is 12.2 Å². The smallest absolute Gasteiger partial charge is 0.335 e. The maximum absolute atomic E-state index is 10.8. The number of carboxylic acid groups (broad SMARTS) is 1. The summed E-state index contributed by atoms with van der Waals surface area (Å²) in [6.45, 7) is 2.87. The molecule has 0 spiro atoms. The highest BCUT2D eigenvalue weighted by molar-refractivity contribution is 7.98. The van der Waals surface area contributed by atoms with Crippen molar-refractivity contribution in [3.8, 4) is 0 Å². The molecule has 0 aliphatic rings. The van der Waals surface area contributed by atoms with Crippen molar-refractivity contribution in [2.45, 2.75) is 19.8 Å². The number of carbonyl (C=O) groups is 1. The lowest BCUT2D eigenvalue weighted by molar-refractivity contribution is 0.0697. The fraction of sp³-hybridized carbons (Fsp3) is 0.462. The molecule has 0 aliphatic carbocycles. The van der Waals surface area contributed by atoms with Gasteiger partial charge in [-0.25, -0.2) is 4.79 Å². The van der Waals surface area contributed by atoms with Crippen molar-refractivity contribution in [1.82, 2.24) is 0 Å². The molecule has 0 amide bonds. The highest BCUT2D eigenvalue weighted by atomic mass is 32.2. The zero-order valence-corrected chi connectivity index (χ0v) is 11.1. The van der Waals surface area contributed by atoms with Crippen molar-refractivity contribution in [3.05, 3.63) is 29.3 Å². The topological polar surface area (TPSA) is 49.3 Å². The minimum Gasteiger partial charge on any atom is -0.478 e. The van der Waals surface area contributed by atoms with Gasteiger partial charge in [0.2, 0.25) is 0 Å². The van der Waals surface area contributed by atoms with E-state index >= 15 is 0 Å². The summed E-state index contributed by atoms with van der Waals surface area (Å²) < 4.78 is 0. The molecule has 2 N–H and O–H groups in total. The molecule has 17 heavy (non-hydrogen) atoms. The fourth-order valence-corrected chi connectivity index (χ4v) is 2.08. The minimum absolute atomic E-state index is 0.343. The summed E-state index contributed by atoms with van der Waals surface area (Å²) in [5, 5.41) is 12.2. The Morgan fingerprint density at radius 3 is 2.76 bits per heavy atom. The summed E-state index contributed by atoms with van der Waals surface area (Å²) in [5.41, 5.74) is 2.35. The van der Waals surface area contributed by atoms with Gasteiger partial charge in [-0.15, -0.1) is 0 Å². The van der Waals surface area contributed by atoms with E-state index in [9.17, 15) is 4.79 Å². The Hall–Kier alpha value is -1.16. The van der Waals surface area contributed by atoms with Crippen molar-refractivity contribution >= 4 is 23.4 Å². The molecule has 0 atom stereocenters. The van der Waals surface area contributed by atoms with Crippen LogP contribution in [0.15, 0.2) is 18.2 Å². The highest BCUT2D eigenvalue weighted by Gasteiger charge is 2.04. The molecule has 0 radical (unpaired) electrons. The van der Waals surface area contributed by atoms with Gasteiger partial charge in [-0.3, -0.25) is 0 Å². The number of anilines is 1. The minimum atomic E-state index is -0.875. The lowest BCUT2D eigenvalue weighted by Crippen LogP contribution is -2.05. The van der Waals surface area contributed by atoms with Gasteiger partial charge < -0.3 is 10.4 Å². The lowest BCUT2D eigenvalue weighted by Gasteiger charge is -2.09. The molecule has 4 heteroatoms. The second-order valence-electron chi connectivity index (χ2n) is 3.96. The molecule has 0 saturated heterocycles. The molecule has 1 aromatic carbocycles. The molecule has 0 aromatic heterocycles. The van der Waals surface area contributed by atoms with Crippen molar-refractivity contribution < 1.29 is 9.90 Å². The molecule has 1 aromatic rings. The van der Waals surface area contributed by atoms with Gasteiger partial charge in [0, 0.05) is 12.2 Å². The number of rotatable bonds is 7. The summed E-state index contributed by atoms with van der Waals surface area (Å²) in [7, 11) is 0. The molecular formula is C13H19NO2S. The Bertz CT molecular complexity index is 380. The number of nitrogens with one attached hydrogen (secondary N) is 1. The molecule has 3 nitrogen and oxygen atoms in total. The molecule has 1 rings (SSSR count). The van der Waals surface area contributed by atoms with Crippen LogP contribution in [-0.2, 0) is 0 Å². The molecule has 0 heterocycles. The van der Waals surface area contributed by atoms with Gasteiger partial charge in [0.05, 0.1) is 5.56 Å². The van der Waals surface area contributed by atoms with Crippen LogP contribution in [0, 0.1) is 6.92 Å². The third-order valence-corrected chi connectivity index (χ3v) is 3.26. The van der Waals surface area contributed by atoms with Crippen LogP contribution in [0.4, 0.5) is 5.69 Å². The Balaban J connectivity index is 2.46. The van der Waals surface area contributed by atoms with Crippen LogP contribution in [-0.4, -0.2) is 29.6 Å². The first kappa shape index (κ1) is 13.9. The van der Waals surface area contributed by atoms with E-state index in [2.05, 4.69) is 11.6 Å². The van der Waals surface area contributed by atoms with Gasteiger partial charge >= 0.3 is 5.97 Å². The summed E-state index contributed by atoms with van der Waals surface area (Å²) in [6.07, 6.45) is 4.46. The Kier molecular flexibility index (Phi) is 5.91. The molecular weight excluding hydrogens is 234 g/mol. The molecule has 94 valence electrons. The second-order valence-corrected chi connectivity index (χ2v) is 4.95. The Morgan fingerprint density at radius 1 is 1.41 bits per heavy atom. The predicted octanol–water partition coefficient (Wildman–Crippen LogP) is 3.25. The third kappa shape index (κ3) is 4.69. The third-order valence-electron chi connectivity index (χ3n) is 2.56. The summed E-state index contributed by atoms with van der Waals surface area (Å²) >= 11 is 1.86. The van der Waals surface area contributed by atoms with Crippen molar-refractivity contribution in [2.24, 2.45) is 0 Å². The standard InChI is InChI=1S/C13H19NO2S/c1-10-9-11(13(15)16)5-6-12(10)14-7-3-4-8-17-2/h5-6,9,14H,3-4,7-8H2,1-2H3,(H,15,16). The average Bonchev–Trinajstić information content (AvgIpc) is 2.30. The summed E-state index contributed by atoms with van der Waals surface area (Å²) in [4.78, 5) is 10.8. The first-order valence-corrected chi connectivity index (χ1v) is 7.11. The maximum atomic E-state index is 10.8. The van der Waals surface area contributed by atoms with E-state index in [4.69, 9.17) is 5.11 Å².